The van der Waals surface area contributed by atoms with E-state index in [1.165, 1.54) is 23.5 Å². The summed E-state index contributed by atoms with van der Waals surface area (Å²) >= 11 is 1.29. The number of hydrogen-bond donors (Lipinski definition) is 1. The summed E-state index contributed by atoms with van der Waals surface area (Å²) in [6.45, 7) is 0. The number of nitro groups is 1. The monoisotopic (exact) mass is 313 g/mol. The Hall–Kier alpha value is -1.74. The van der Waals surface area contributed by atoms with Crippen LogP contribution in [-0.2, 0) is 9.84 Å². The highest BCUT2D eigenvalue weighted by molar-refractivity contribution is 7.91. The number of fused-ring (bicyclic) bond motifs is 1. The molecule has 0 aliphatic carbocycles. The van der Waals surface area contributed by atoms with E-state index in [1.54, 1.807) is 6.07 Å². The van der Waals surface area contributed by atoms with E-state index >= 15 is 0 Å². The maximum absolute atomic E-state index is 11.4. The normalized spacial score (nSPS) is 21.1. The number of nitrogens with one attached hydrogen (secondary N) is 1. The molecule has 0 radical (unpaired) electrons. The lowest BCUT2D eigenvalue weighted by molar-refractivity contribution is -0.384. The molecule has 20 heavy (non-hydrogen) atoms. The summed E-state index contributed by atoms with van der Waals surface area (Å²) in [6, 6.07) is 4.35. The van der Waals surface area contributed by atoms with Crippen molar-refractivity contribution in [1.29, 1.82) is 0 Å². The van der Waals surface area contributed by atoms with Gasteiger partial charge in [-0.15, -0.1) is 0 Å². The Morgan fingerprint density at radius 2 is 2.25 bits per heavy atom. The van der Waals surface area contributed by atoms with Crippen molar-refractivity contribution in [3.63, 3.8) is 0 Å². The molecule has 1 aliphatic rings. The Balaban J connectivity index is 1.84. The lowest BCUT2D eigenvalue weighted by Gasteiger charge is -2.07. The molecular formula is C11H11N3O4S2. The molecule has 1 aromatic carbocycles. The van der Waals surface area contributed by atoms with Crippen molar-refractivity contribution in [1.82, 2.24) is 4.98 Å². The lowest BCUT2D eigenvalue weighted by Crippen LogP contribution is -2.20. The van der Waals surface area contributed by atoms with Gasteiger partial charge < -0.3 is 5.32 Å². The van der Waals surface area contributed by atoms with E-state index in [-0.39, 0.29) is 23.2 Å². The predicted molar refractivity (Wildman–Crippen MR) is 77.0 cm³/mol. The molecule has 9 heteroatoms. The standard InChI is InChI=1S/C11H11N3O4S2/c15-14(16)8-1-2-9-10(5-8)19-11(13-9)12-7-3-4-20(17,18)6-7/h1-2,5,7H,3-4,6H2,(H,12,13)/t7-/m0/s1. The highest BCUT2D eigenvalue weighted by Crippen LogP contribution is 2.30. The highest BCUT2D eigenvalue weighted by atomic mass is 32.2. The minimum absolute atomic E-state index is 0.0242. The Kier molecular flexibility index (Phi) is 3.09. The molecule has 7 nitrogen and oxygen atoms in total. The Labute approximate surface area is 118 Å². The zero-order chi connectivity index (χ0) is 14.3. The Bertz CT molecular complexity index is 784. The van der Waals surface area contributed by atoms with E-state index in [0.29, 0.717) is 21.8 Å². The van der Waals surface area contributed by atoms with Crippen molar-refractivity contribution in [2.75, 3.05) is 16.8 Å². The van der Waals surface area contributed by atoms with Gasteiger partial charge in [0.05, 0.1) is 26.6 Å². The van der Waals surface area contributed by atoms with Crippen LogP contribution in [0.4, 0.5) is 10.8 Å². The summed E-state index contributed by atoms with van der Waals surface area (Å²) in [5, 5.41) is 14.4. The third-order valence-electron chi connectivity index (χ3n) is 3.14. The van der Waals surface area contributed by atoms with E-state index in [1.807, 2.05) is 0 Å². The van der Waals surface area contributed by atoms with Gasteiger partial charge >= 0.3 is 0 Å². The third kappa shape index (κ3) is 2.59. The Morgan fingerprint density at radius 1 is 1.45 bits per heavy atom. The van der Waals surface area contributed by atoms with Crippen LogP contribution in [0.1, 0.15) is 6.42 Å². The zero-order valence-corrected chi connectivity index (χ0v) is 11.9. The fraction of sp³-hybridized carbons (Fsp3) is 0.364. The molecule has 0 bridgehead atoms. The second-order valence-electron chi connectivity index (χ2n) is 4.67. The van der Waals surface area contributed by atoms with Crippen molar-refractivity contribution >= 4 is 42.2 Å². The van der Waals surface area contributed by atoms with Gasteiger partial charge in [0, 0.05) is 18.2 Å². The second-order valence-corrected chi connectivity index (χ2v) is 7.93. The van der Waals surface area contributed by atoms with Gasteiger partial charge in [0.2, 0.25) is 0 Å². The number of nitro benzene ring substituents is 1. The maximum Gasteiger partial charge on any atom is 0.270 e. The molecular weight excluding hydrogens is 302 g/mol. The minimum atomic E-state index is -2.94. The van der Waals surface area contributed by atoms with Crippen LogP contribution in [0.3, 0.4) is 0 Å². The van der Waals surface area contributed by atoms with Crippen LogP contribution < -0.4 is 5.32 Å². The first-order chi connectivity index (χ1) is 9.43. The molecule has 0 unspecified atom stereocenters. The van der Waals surface area contributed by atoms with Crippen molar-refractivity contribution < 1.29 is 13.3 Å². The van der Waals surface area contributed by atoms with Crippen molar-refractivity contribution in [2.45, 2.75) is 12.5 Å². The number of rotatable bonds is 3. The van der Waals surface area contributed by atoms with Crippen LogP contribution in [0.2, 0.25) is 0 Å². The van der Waals surface area contributed by atoms with Gasteiger partial charge in [0.1, 0.15) is 0 Å². The Morgan fingerprint density at radius 3 is 2.90 bits per heavy atom. The molecule has 0 amide bonds. The molecule has 1 atom stereocenters. The number of sulfone groups is 1. The second kappa shape index (κ2) is 4.67. The maximum atomic E-state index is 11.4. The molecule has 1 aliphatic heterocycles. The van der Waals surface area contributed by atoms with Crippen LogP contribution in [-0.4, -0.2) is 35.9 Å². The van der Waals surface area contributed by atoms with Gasteiger partial charge in [-0.2, -0.15) is 0 Å². The van der Waals surface area contributed by atoms with Crippen molar-refractivity contribution in [3.8, 4) is 0 Å². The topological polar surface area (TPSA) is 102 Å². The van der Waals surface area contributed by atoms with Crippen molar-refractivity contribution in [2.24, 2.45) is 0 Å². The fourth-order valence-corrected chi connectivity index (χ4v) is 4.82. The number of nitrogens with zero attached hydrogens (tertiary/aromatic N) is 2. The molecule has 2 aromatic rings. The molecule has 0 saturated carbocycles. The van der Waals surface area contributed by atoms with Crippen LogP contribution in [0.5, 0.6) is 0 Å². The molecule has 1 N–H and O–H groups in total. The number of anilines is 1. The average molecular weight is 313 g/mol. The number of benzene rings is 1. The minimum Gasteiger partial charge on any atom is -0.358 e. The molecule has 106 valence electrons. The summed E-state index contributed by atoms with van der Waals surface area (Å²) in [5.74, 6) is 0.310. The number of non-ortho nitro benzene ring substituents is 1. The summed E-state index contributed by atoms with van der Waals surface area (Å²) in [6.07, 6.45) is 0.568. The van der Waals surface area contributed by atoms with Gasteiger partial charge in [0.25, 0.3) is 5.69 Å². The van der Waals surface area contributed by atoms with E-state index in [4.69, 9.17) is 0 Å². The first-order valence-electron chi connectivity index (χ1n) is 5.95. The molecule has 1 aromatic heterocycles. The molecule has 2 heterocycles. The third-order valence-corrected chi connectivity index (χ3v) is 5.86. The first-order valence-corrected chi connectivity index (χ1v) is 8.59. The smallest absolute Gasteiger partial charge is 0.270 e. The summed E-state index contributed by atoms with van der Waals surface area (Å²) < 4.78 is 23.5. The van der Waals surface area contributed by atoms with Crippen LogP contribution in [0.15, 0.2) is 18.2 Å². The zero-order valence-electron chi connectivity index (χ0n) is 10.3. The van der Waals surface area contributed by atoms with Gasteiger partial charge in [-0.3, -0.25) is 10.1 Å². The molecule has 3 rings (SSSR count). The van der Waals surface area contributed by atoms with E-state index in [0.717, 1.165) is 0 Å². The summed E-state index contributed by atoms with van der Waals surface area (Å²) in [4.78, 5) is 14.6. The van der Waals surface area contributed by atoms with E-state index in [2.05, 4.69) is 10.3 Å². The quantitative estimate of drug-likeness (QED) is 0.684. The lowest BCUT2D eigenvalue weighted by atomic mass is 10.3. The summed E-state index contributed by atoms with van der Waals surface area (Å²) in [7, 11) is -2.94. The van der Waals surface area contributed by atoms with Crippen molar-refractivity contribution in [3.05, 3.63) is 28.3 Å². The average Bonchev–Trinajstić information content (AvgIpc) is 2.91. The van der Waals surface area contributed by atoms with E-state index in [9.17, 15) is 18.5 Å². The largest absolute Gasteiger partial charge is 0.358 e. The molecule has 0 spiro atoms. The van der Waals surface area contributed by atoms with Gasteiger partial charge in [-0.05, 0) is 12.5 Å². The molecule has 1 saturated heterocycles. The van der Waals surface area contributed by atoms with E-state index < -0.39 is 14.8 Å². The van der Waals surface area contributed by atoms with Gasteiger partial charge in [-0.25, -0.2) is 13.4 Å². The highest BCUT2D eigenvalue weighted by Gasteiger charge is 2.28. The van der Waals surface area contributed by atoms with Crippen LogP contribution in [0.25, 0.3) is 10.2 Å². The first kappa shape index (κ1) is 13.3. The summed E-state index contributed by atoms with van der Waals surface area (Å²) in [5.41, 5.74) is 0.695. The van der Waals surface area contributed by atoms with Crippen LogP contribution in [0, 0.1) is 10.1 Å². The SMILES string of the molecule is O=[N+]([O-])c1ccc2nc(N[C@H]3CCS(=O)(=O)C3)sc2c1. The van der Waals surface area contributed by atoms with Gasteiger partial charge in [0.15, 0.2) is 15.0 Å². The van der Waals surface area contributed by atoms with Crippen LogP contribution >= 0.6 is 11.3 Å². The predicted octanol–water partition coefficient (Wildman–Crippen LogP) is 1.80. The van der Waals surface area contributed by atoms with Gasteiger partial charge in [-0.1, -0.05) is 11.3 Å². The number of hydrogen-bond acceptors (Lipinski definition) is 7. The molecule has 1 fully saturated rings. The fourth-order valence-electron chi connectivity index (χ4n) is 2.17. The number of thiazole rings is 1. The number of aromatic nitrogens is 1.